The van der Waals surface area contributed by atoms with Gasteiger partial charge in [0.05, 0.1) is 12.5 Å². The number of hydrogen-bond acceptors (Lipinski definition) is 1. The van der Waals surface area contributed by atoms with Gasteiger partial charge in [-0.25, -0.2) is 9.13 Å². The topological polar surface area (TPSA) is 46.1 Å². The highest BCUT2D eigenvalue weighted by atomic mass is 16.4. The monoisotopic (exact) mass is 295 g/mol. The van der Waals surface area contributed by atoms with E-state index >= 15 is 0 Å². The van der Waals surface area contributed by atoms with Gasteiger partial charge >= 0.3 is 5.97 Å². The van der Waals surface area contributed by atoms with Crippen LogP contribution in [-0.4, -0.2) is 15.6 Å². The molecule has 21 heavy (non-hydrogen) atoms. The molecule has 0 radical (unpaired) electrons. The van der Waals surface area contributed by atoms with Crippen molar-refractivity contribution in [3.05, 3.63) is 18.2 Å². The zero-order valence-corrected chi connectivity index (χ0v) is 13.8. The van der Waals surface area contributed by atoms with Gasteiger partial charge in [0.25, 0.3) is 5.82 Å². The molecular formula is C17H31N2O2+. The van der Waals surface area contributed by atoms with Gasteiger partial charge in [-0.1, -0.05) is 39.5 Å². The third-order valence-corrected chi connectivity index (χ3v) is 3.99. The summed E-state index contributed by atoms with van der Waals surface area (Å²) in [4.78, 5) is 11.1. The lowest BCUT2D eigenvalue weighted by Crippen LogP contribution is -2.42. The van der Waals surface area contributed by atoms with Crippen LogP contribution in [0.15, 0.2) is 12.4 Å². The molecule has 4 nitrogen and oxygen atoms in total. The van der Waals surface area contributed by atoms with E-state index in [0.29, 0.717) is 6.54 Å². The third-order valence-electron chi connectivity index (χ3n) is 3.99. The van der Waals surface area contributed by atoms with Crippen molar-refractivity contribution in [1.29, 1.82) is 0 Å². The molecule has 0 aliphatic carbocycles. The molecule has 0 spiro atoms. The second kappa shape index (κ2) is 9.59. The summed E-state index contributed by atoms with van der Waals surface area (Å²) in [5.41, 5.74) is 0. The second-order valence-corrected chi connectivity index (χ2v) is 5.96. The minimum Gasteiger partial charge on any atom is -0.481 e. The molecule has 0 saturated heterocycles. The molecule has 0 bridgehead atoms. The summed E-state index contributed by atoms with van der Waals surface area (Å²) in [6.07, 6.45) is 12.5. The van der Waals surface area contributed by atoms with E-state index in [2.05, 4.69) is 29.2 Å². The van der Waals surface area contributed by atoms with Gasteiger partial charge in [0.2, 0.25) is 0 Å². The Labute approximate surface area is 128 Å². The second-order valence-electron chi connectivity index (χ2n) is 5.96. The Morgan fingerprint density at radius 3 is 2.57 bits per heavy atom. The Balaban J connectivity index is 2.75. The van der Waals surface area contributed by atoms with Crippen LogP contribution in [0.3, 0.4) is 0 Å². The van der Waals surface area contributed by atoms with Crippen LogP contribution in [0, 0.1) is 5.92 Å². The quantitative estimate of drug-likeness (QED) is 0.502. The van der Waals surface area contributed by atoms with Crippen molar-refractivity contribution in [2.24, 2.45) is 5.92 Å². The lowest BCUT2D eigenvalue weighted by atomic mass is 10.1. The number of aliphatic carboxylic acids is 1. The van der Waals surface area contributed by atoms with E-state index in [1.807, 2.05) is 6.20 Å². The van der Waals surface area contributed by atoms with Crippen LogP contribution in [0.5, 0.6) is 0 Å². The molecular weight excluding hydrogens is 264 g/mol. The Bertz CT molecular complexity index is 426. The van der Waals surface area contributed by atoms with E-state index in [1.165, 1.54) is 44.3 Å². The number of carbonyl (C=O) groups is 1. The minimum absolute atomic E-state index is 0.341. The number of carboxylic acid groups (broad SMARTS) is 1. The number of unbranched alkanes of at least 4 members (excludes halogenated alkanes) is 4. The molecule has 1 aromatic rings. The fourth-order valence-corrected chi connectivity index (χ4v) is 2.57. The summed E-state index contributed by atoms with van der Waals surface area (Å²) in [5, 5.41) is 9.11. The largest absolute Gasteiger partial charge is 0.481 e. The van der Waals surface area contributed by atoms with Crippen molar-refractivity contribution in [2.75, 3.05) is 0 Å². The predicted molar refractivity (Wildman–Crippen MR) is 84.2 cm³/mol. The van der Waals surface area contributed by atoms with E-state index in [9.17, 15) is 4.79 Å². The first-order valence-electron chi connectivity index (χ1n) is 8.40. The standard InChI is InChI=1S/C17H30N2O2/c1-4-6-8-9-10-16-18(11-7-5-2)12-13-19(16)14-15(3)17(20)21/h12-13,15H,4-11,14H2,1-3H3/p+1. The van der Waals surface area contributed by atoms with Crippen molar-refractivity contribution < 1.29 is 14.5 Å². The Morgan fingerprint density at radius 2 is 1.95 bits per heavy atom. The highest BCUT2D eigenvalue weighted by Gasteiger charge is 2.21. The average molecular weight is 295 g/mol. The van der Waals surface area contributed by atoms with Crippen LogP contribution < -0.4 is 4.57 Å². The minimum atomic E-state index is -0.722. The van der Waals surface area contributed by atoms with Gasteiger partial charge in [0.1, 0.15) is 18.9 Å². The SMILES string of the molecule is CCCCCCc1n(CCCC)cc[n+]1CC(C)C(=O)O. The summed E-state index contributed by atoms with van der Waals surface area (Å²) >= 11 is 0. The predicted octanol–water partition coefficient (Wildman–Crippen LogP) is 3.42. The summed E-state index contributed by atoms with van der Waals surface area (Å²) in [7, 11) is 0. The number of carboxylic acids is 1. The number of aryl methyl sites for hydroxylation is 1. The summed E-state index contributed by atoms with van der Waals surface area (Å²) in [6.45, 7) is 7.80. The van der Waals surface area contributed by atoms with Gasteiger partial charge in [-0.3, -0.25) is 4.79 Å². The Hall–Kier alpha value is -1.32. The molecule has 1 unspecified atom stereocenters. The lowest BCUT2D eigenvalue weighted by Gasteiger charge is -2.07. The van der Waals surface area contributed by atoms with E-state index in [0.717, 1.165) is 13.0 Å². The van der Waals surface area contributed by atoms with Crippen molar-refractivity contribution >= 4 is 5.97 Å². The maximum Gasteiger partial charge on any atom is 0.310 e. The van der Waals surface area contributed by atoms with Crippen LogP contribution >= 0.6 is 0 Å². The van der Waals surface area contributed by atoms with E-state index < -0.39 is 5.97 Å². The molecule has 1 atom stereocenters. The van der Waals surface area contributed by atoms with Crippen LogP contribution in [0.25, 0.3) is 0 Å². The molecule has 1 N–H and O–H groups in total. The molecule has 1 rings (SSSR count). The lowest BCUT2D eigenvalue weighted by molar-refractivity contribution is -0.707. The van der Waals surface area contributed by atoms with E-state index in [4.69, 9.17) is 5.11 Å². The van der Waals surface area contributed by atoms with Crippen molar-refractivity contribution in [3.63, 3.8) is 0 Å². The number of aromatic nitrogens is 2. The van der Waals surface area contributed by atoms with Gasteiger partial charge in [-0.2, -0.15) is 0 Å². The van der Waals surface area contributed by atoms with Crippen molar-refractivity contribution in [1.82, 2.24) is 4.57 Å². The zero-order chi connectivity index (χ0) is 15.7. The molecule has 120 valence electrons. The molecule has 1 aromatic heterocycles. The van der Waals surface area contributed by atoms with Gasteiger partial charge in [0.15, 0.2) is 0 Å². The van der Waals surface area contributed by atoms with Crippen LogP contribution in [0.4, 0.5) is 0 Å². The Kier molecular flexibility index (Phi) is 8.09. The first kappa shape index (κ1) is 17.7. The fraction of sp³-hybridized carbons (Fsp3) is 0.765. The highest BCUT2D eigenvalue weighted by molar-refractivity contribution is 5.69. The molecule has 0 fully saturated rings. The van der Waals surface area contributed by atoms with Gasteiger partial charge in [-0.05, 0) is 19.8 Å². The Morgan fingerprint density at radius 1 is 1.24 bits per heavy atom. The molecule has 0 amide bonds. The number of rotatable bonds is 11. The normalized spacial score (nSPS) is 12.5. The highest BCUT2D eigenvalue weighted by Crippen LogP contribution is 2.08. The smallest absolute Gasteiger partial charge is 0.310 e. The fourth-order valence-electron chi connectivity index (χ4n) is 2.57. The maximum atomic E-state index is 11.1. The van der Waals surface area contributed by atoms with Crippen LogP contribution in [-0.2, 0) is 24.3 Å². The number of imidazole rings is 1. The third kappa shape index (κ3) is 5.90. The number of hydrogen-bond donors (Lipinski definition) is 1. The van der Waals surface area contributed by atoms with Gasteiger partial charge in [-0.15, -0.1) is 0 Å². The molecule has 0 aliphatic heterocycles. The van der Waals surface area contributed by atoms with Gasteiger partial charge in [0, 0.05) is 6.42 Å². The van der Waals surface area contributed by atoms with E-state index in [1.54, 1.807) is 6.92 Å². The molecule has 0 aromatic carbocycles. The zero-order valence-electron chi connectivity index (χ0n) is 13.8. The van der Waals surface area contributed by atoms with Gasteiger partial charge < -0.3 is 5.11 Å². The molecule has 4 heteroatoms. The van der Waals surface area contributed by atoms with Crippen molar-refractivity contribution in [2.45, 2.75) is 78.8 Å². The molecule has 1 heterocycles. The average Bonchev–Trinajstić information content (AvgIpc) is 2.83. The summed E-state index contributed by atoms with van der Waals surface area (Å²) < 4.78 is 4.45. The summed E-state index contributed by atoms with van der Waals surface area (Å²) in [5.74, 6) is 0.222. The molecule has 0 aliphatic rings. The van der Waals surface area contributed by atoms with Crippen LogP contribution in [0.1, 0.15) is 65.1 Å². The van der Waals surface area contributed by atoms with E-state index in [-0.39, 0.29) is 5.92 Å². The van der Waals surface area contributed by atoms with Crippen molar-refractivity contribution in [3.8, 4) is 0 Å². The van der Waals surface area contributed by atoms with Crippen LogP contribution in [0.2, 0.25) is 0 Å². The first-order valence-corrected chi connectivity index (χ1v) is 8.40. The number of nitrogens with zero attached hydrogens (tertiary/aromatic N) is 2. The maximum absolute atomic E-state index is 11.1. The molecule has 0 saturated carbocycles. The first-order chi connectivity index (χ1) is 10.1. The summed E-state index contributed by atoms with van der Waals surface area (Å²) in [6, 6.07) is 0.